The van der Waals surface area contributed by atoms with Gasteiger partial charge in [0, 0.05) is 17.0 Å². The summed E-state index contributed by atoms with van der Waals surface area (Å²) in [5.41, 5.74) is 0. The highest BCUT2D eigenvalue weighted by Crippen LogP contribution is 2.27. The lowest BCUT2D eigenvalue weighted by molar-refractivity contribution is 0.743. The van der Waals surface area contributed by atoms with Gasteiger partial charge in [0.1, 0.15) is 11.0 Å². The number of anilines is 1. The maximum Gasteiger partial charge on any atom is 0.131 e. The van der Waals surface area contributed by atoms with E-state index in [2.05, 4.69) is 17.2 Å². The molecule has 2 rings (SSSR count). The Kier molecular flexibility index (Phi) is 3.19. The lowest BCUT2D eigenvalue weighted by Gasteiger charge is -2.11. The number of thioether (sulfide) groups is 1. The molecule has 2 unspecified atom stereocenters. The molecule has 0 aromatic carbocycles. The van der Waals surface area contributed by atoms with E-state index in [1.54, 1.807) is 6.07 Å². The summed E-state index contributed by atoms with van der Waals surface area (Å²) < 4.78 is 0. The van der Waals surface area contributed by atoms with Gasteiger partial charge >= 0.3 is 0 Å². The zero-order valence-electron chi connectivity index (χ0n) is 8.03. The van der Waals surface area contributed by atoms with Crippen molar-refractivity contribution in [3.8, 4) is 0 Å². The van der Waals surface area contributed by atoms with E-state index in [4.69, 9.17) is 11.6 Å². The molecule has 2 atom stereocenters. The van der Waals surface area contributed by atoms with Crippen molar-refractivity contribution in [3.63, 3.8) is 0 Å². The maximum atomic E-state index is 5.80. The Hall–Kier alpha value is -0.410. The molecule has 0 spiro atoms. The Bertz CT molecular complexity index is 319. The first-order valence-electron chi connectivity index (χ1n) is 4.75. The maximum absolute atomic E-state index is 5.80. The van der Waals surface area contributed by atoms with E-state index in [1.165, 1.54) is 6.42 Å². The molecule has 1 N–H and O–H groups in total. The normalized spacial score (nSPS) is 26.4. The summed E-state index contributed by atoms with van der Waals surface area (Å²) in [4.78, 5) is 4.21. The van der Waals surface area contributed by atoms with Crippen LogP contribution < -0.4 is 5.32 Å². The molecule has 1 aromatic rings. The summed E-state index contributed by atoms with van der Waals surface area (Å²) in [7, 11) is 0. The number of hydrogen-bond acceptors (Lipinski definition) is 3. The Morgan fingerprint density at radius 3 is 3.07 bits per heavy atom. The van der Waals surface area contributed by atoms with E-state index in [0.29, 0.717) is 11.2 Å². The molecule has 1 saturated heterocycles. The fraction of sp³-hybridized carbons (Fsp3) is 0.500. The fourth-order valence-corrected chi connectivity index (χ4v) is 2.93. The average Bonchev–Trinajstić information content (AvgIpc) is 2.51. The highest BCUT2D eigenvalue weighted by atomic mass is 35.5. The largest absolute Gasteiger partial charge is 0.366 e. The molecule has 2 heterocycles. The molecule has 1 fully saturated rings. The van der Waals surface area contributed by atoms with E-state index in [-0.39, 0.29) is 0 Å². The number of hydrogen-bond donors (Lipinski definition) is 1. The van der Waals surface area contributed by atoms with Crippen molar-refractivity contribution in [2.24, 2.45) is 0 Å². The second kappa shape index (κ2) is 4.41. The van der Waals surface area contributed by atoms with Crippen LogP contribution in [0.3, 0.4) is 0 Å². The zero-order valence-corrected chi connectivity index (χ0v) is 9.61. The van der Waals surface area contributed by atoms with Gasteiger partial charge < -0.3 is 5.32 Å². The number of pyridine rings is 1. The van der Waals surface area contributed by atoms with Gasteiger partial charge in [-0.1, -0.05) is 24.6 Å². The molecule has 0 amide bonds. The Labute approximate surface area is 93.4 Å². The predicted octanol–water partition coefficient (Wildman–Crippen LogP) is 3.04. The first-order valence-corrected chi connectivity index (χ1v) is 6.17. The van der Waals surface area contributed by atoms with Crippen LogP contribution in [-0.2, 0) is 0 Å². The predicted molar refractivity (Wildman–Crippen MR) is 63.2 cm³/mol. The molecule has 14 heavy (non-hydrogen) atoms. The topological polar surface area (TPSA) is 24.9 Å². The summed E-state index contributed by atoms with van der Waals surface area (Å²) in [5.74, 6) is 2.05. The van der Waals surface area contributed by atoms with Gasteiger partial charge in [0.15, 0.2) is 0 Å². The summed E-state index contributed by atoms with van der Waals surface area (Å²) in [6.07, 6.45) is 1.21. The molecular weight excluding hydrogens is 216 g/mol. The molecule has 0 saturated carbocycles. The molecule has 0 radical (unpaired) electrons. The molecule has 4 heteroatoms. The van der Waals surface area contributed by atoms with Gasteiger partial charge in [0.2, 0.25) is 0 Å². The van der Waals surface area contributed by atoms with Crippen molar-refractivity contribution in [1.82, 2.24) is 4.98 Å². The van der Waals surface area contributed by atoms with Crippen molar-refractivity contribution < 1.29 is 0 Å². The third kappa shape index (κ3) is 2.55. The summed E-state index contributed by atoms with van der Waals surface area (Å²) in [6.45, 7) is 2.26. The standard InChI is InChI=1S/C10H13ClN2S/c1-7-5-8(6-14-7)12-10-4-2-3-9(11)13-10/h2-4,7-8H,5-6H2,1H3,(H,12,13). The van der Waals surface area contributed by atoms with E-state index < -0.39 is 0 Å². The second-order valence-corrected chi connectivity index (χ2v) is 5.43. The van der Waals surface area contributed by atoms with Gasteiger partial charge in [-0.2, -0.15) is 11.8 Å². The number of aromatic nitrogens is 1. The number of nitrogens with one attached hydrogen (secondary N) is 1. The summed E-state index contributed by atoms with van der Waals surface area (Å²) >= 11 is 7.81. The fourth-order valence-electron chi connectivity index (χ4n) is 1.62. The smallest absolute Gasteiger partial charge is 0.131 e. The Morgan fingerprint density at radius 1 is 1.57 bits per heavy atom. The third-order valence-corrected chi connectivity index (χ3v) is 3.83. The van der Waals surface area contributed by atoms with Crippen molar-refractivity contribution >= 4 is 29.2 Å². The number of nitrogens with zero attached hydrogens (tertiary/aromatic N) is 1. The van der Waals surface area contributed by atoms with Crippen LogP contribution >= 0.6 is 23.4 Å². The van der Waals surface area contributed by atoms with Crippen molar-refractivity contribution in [2.75, 3.05) is 11.1 Å². The van der Waals surface area contributed by atoms with E-state index in [1.807, 2.05) is 23.9 Å². The lowest BCUT2D eigenvalue weighted by Crippen LogP contribution is -2.19. The van der Waals surface area contributed by atoms with Crippen LogP contribution in [0.2, 0.25) is 5.15 Å². The van der Waals surface area contributed by atoms with Gasteiger partial charge in [-0.3, -0.25) is 0 Å². The monoisotopic (exact) mass is 228 g/mol. The molecule has 2 nitrogen and oxygen atoms in total. The first kappa shape index (κ1) is 10.1. The Balaban J connectivity index is 1.97. The third-order valence-electron chi connectivity index (χ3n) is 2.27. The molecule has 1 aromatic heterocycles. The lowest BCUT2D eigenvalue weighted by atomic mass is 10.2. The summed E-state index contributed by atoms with van der Waals surface area (Å²) in [6, 6.07) is 6.21. The van der Waals surface area contributed by atoms with Gasteiger partial charge in [-0.25, -0.2) is 4.98 Å². The molecular formula is C10H13ClN2S. The van der Waals surface area contributed by atoms with Crippen LogP contribution in [0.1, 0.15) is 13.3 Å². The molecule has 76 valence electrons. The quantitative estimate of drug-likeness (QED) is 0.788. The van der Waals surface area contributed by atoms with Gasteiger partial charge in [-0.15, -0.1) is 0 Å². The van der Waals surface area contributed by atoms with Crippen molar-refractivity contribution in [1.29, 1.82) is 0 Å². The molecule has 1 aliphatic rings. The highest BCUT2D eigenvalue weighted by molar-refractivity contribution is 8.00. The first-order chi connectivity index (χ1) is 6.74. The van der Waals surface area contributed by atoms with Crippen LogP contribution in [0, 0.1) is 0 Å². The van der Waals surface area contributed by atoms with E-state index >= 15 is 0 Å². The SMILES string of the molecule is CC1CC(Nc2cccc(Cl)n2)CS1. The minimum absolute atomic E-state index is 0.543. The van der Waals surface area contributed by atoms with Crippen molar-refractivity contribution in [3.05, 3.63) is 23.4 Å². The molecule has 0 aliphatic carbocycles. The van der Waals surface area contributed by atoms with Crippen LogP contribution in [0.25, 0.3) is 0 Å². The molecule has 0 bridgehead atoms. The summed E-state index contributed by atoms with van der Waals surface area (Å²) in [5, 5.41) is 4.70. The van der Waals surface area contributed by atoms with E-state index in [9.17, 15) is 0 Å². The van der Waals surface area contributed by atoms with Crippen molar-refractivity contribution in [2.45, 2.75) is 24.6 Å². The van der Waals surface area contributed by atoms with Crippen LogP contribution in [0.4, 0.5) is 5.82 Å². The average molecular weight is 229 g/mol. The van der Waals surface area contributed by atoms with Crippen LogP contribution in [-0.4, -0.2) is 22.0 Å². The van der Waals surface area contributed by atoms with Crippen LogP contribution in [0.5, 0.6) is 0 Å². The minimum Gasteiger partial charge on any atom is -0.366 e. The molecule has 1 aliphatic heterocycles. The van der Waals surface area contributed by atoms with Gasteiger partial charge in [0.05, 0.1) is 0 Å². The Morgan fingerprint density at radius 2 is 2.43 bits per heavy atom. The van der Waals surface area contributed by atoms with E-state index in [0.717, 1.165) is 16.8 Å². The van der Waals surface area contributed by atoms with Gasteiger partial charge in [-0.05, 0) is 18.6 Å². The van der Waals surface area contributed by atoms with Crippen LogP contribution in [0.15, 0.2) is 18.2 Å². The highest BCUT2D eigenvalue weighted by Gasteiger charge is 2.21. The zero-order chi connectivity index (χ0) is 9.97. The second-order valence-electron chi connectivity index (χ2n) is 3.57. The number of rotatable bonds is 2. The van der Waals surface area contributed by atoms with Gasteiger partial charge in [0.25, 0.3) is 0 Å². The number of halogens is 1. The minimum atomic E-state index is 0.543.